The van der Waals surface area contributed by atoms with Crippen molar-refractivity contribution >= 4 is 40.7 Å². The first-order valence-electron chi connectivity index (χ1n) is 30.2. The number of carbonyl (C=O) groups excluding carboxylic acids is 4. The molecule has 2 atom stereocenters. The summed E-state index contributed by atoms with van der Waals surface area (Å²) < 4.78 is 23.2. The van der Waals surface area contributed by atoms with E-state index in [4.69, 9.17) is 23.9 Å². The highest BCUT2D eigenvalue weighted by molar-refractivity contribution is 7.13. The maximum absolute atomic E-state index is 14.0. The second-order valence-electron chi connectivity index (χ2n) is 23.3. The van der Waals surface area contributed by atoms with Crippen LogP contribution in [0.3, 0.4) is 0 Å². The molecular weight excluding hydrogens is 1090 g/mol. The number of carbonyl (C=O) groups is 4. The van der Waals surface area contributed by atoms with Gasteiger partial charge in [-0.3, -0.25) is 29.3 Å². The zero-order valence-corrected chi connectivity index (χ0v) is 51.1. The summed E-state index contributed by atoms with van der Waals surface area (Å²) in [6.07, 6.45) is 13.1. The molecule has 1 unspecified atom stereocenters. The number of anilines is 1. The molecule has 2 fully saturated rings. The van der Waals surface area contributed by atoms with Gasteiger partial charge in [-0.05, 0) is 136 Å². The van der Waals surface area contributed by atoms with Crippen molar-refractivity contribution < 1.29 is 38.1 Å². The number of aromatic amines is 1. The van der Waals surface area contributed by atoms with Crippen LogP contribution in [0, 0.1) is 12.3 Å². The molecule has 456 valence electrons. The summed E-state index contributed by atoms with van der Waals surface area (Å²) in [5.74, 6) is 1.50. The lowest BCUT2D eigenvalue weighted by atomic mass is 9.85. The zero-order valence-electron chi connectivity index (χ0n) is 50.3. The zero-order chi connectivity index (χ0) is 59.9. The van der Waals surface area contributed by atoms with Gasteiger partial charge in [0.2, 0.25) is 17.7 Å². The number of hydrogen-bond donors (Lipinski definition) is 5. The number of hydrogen-bond acceptors (Lipinski definition) is 15. The number of pyridine rings is 1. The van der Waals surface area contributed by atoms with E-state index in [1.54, 1.807) is 28.6 Å². The smallest absolute Gasteiger partial charge is 0.251 e. The number of aryl methyl sites for hydroxylation is 1. The van der Waals surface area contributed by atoms with Crippen LogP contribution in [0.4, 0.5) is 5.69 Å². The summed E-state index contributed by atoms with van der Waals surface area (Å²) in [6.45, 7) is 14.8. The van der Waals surface area contributed by atoms with Crippen LogP contribution < -0.4 is 26.0 Å². The van der Waals surface area contributed by atoms with Gasteiger partial charge in [0.25, 0.3) is 5.91 Å². The Hall–Kier alpha value is -7.10. The molecule has 0 spiro atoms. The third-order valence-electron chi connectivity index (χ3n) is 15.7. The number of unbranched alkanes of at least 4 members (excludes halogenated alkanes) is 5. The minimum Gasteiger partial charge on any atom is -0.494 e. The monoisotopic (exact) mass is 1180 g/mol. The van der Waals surface area contributed by atoms with Gasteiger partial charge >= 0.3 is 0 Å². The molecule has 3 aromatic carbocycles. The van der Waals surface area contributed by atoms with E-state index in [0.717, 1.165) is 121 Å². The van der Waals surface area contributed by atoms with Crippen molar-refractivity contribution in [3.63, 3.8) is 0 Å². The molecule has 8 rings (SSSR count). The fourth-order valence-electron chi connectivity index (χ4n) is 10.6. The van der Waals surface area contributed by atoms with Crippen molar-refractivity contribution in [2.24, 2.45) is 5.41 Å². The first-order chi connectivity index (χ1) is 41.2. The minimum absolute atomic E-state index is 0.151. The first-order valence-corrected chi connectivity index (χ1v) is 31.1. The third-order valence-corrected chi connectivity index (χ3v) is 16.7. The maximum atomic E-state index is 14.0. The van der Waals surface area contributed by atoms with Crippen molar-refractivity contribution in [1.29, 1.82) is 0 Å². The van der Waals surface area contributed by atoms with Gasteiger partial charge in [-0.15, -0.1) is 11.3 Å². The molecule has 0 bridgehead atoms. The van der Waals surface area contributed by atoms with Crippen molar-refractivity contribution in [1.82, 2.24) is 50.9 Å². The van der Waals surface area contributed by atoms with Crippen LogP contribution in [0.5, 0.6) is 5.75 Å². The standard InChI is InChI=1S/C65H87N11O8S/c1-47-57(85-46-69-47)50-23-19-48(20-24-50)45-68-61(79)55-17-14-33-76(55)62(80)58(64(2,3)4)70-56(77)18-9-8-11-37-82-40-42-83-41-39-81-36-10-6-7-12-38-84-54-25-21-49(22-26-54)44-67-60(78)52-15-13-16-53(43-52)72-65(29-34-75(5)35-30-65)63-71-59(73-74-63)51-27-31-66-32-28-51/h13,15-16,19-28,31-32,43,46,55,58,72H,6-12,14,17-18,29-30,33-42,44-45H2,1-5H3,(H,67,78)(H,68,79)(H,70,77)(H,71,73,74)/t55-,58?/m0/s1. The number of benzene rings is 3. The van der Waals surface area contributed by atoms with Gasteiger partial charge < -0.3 is 50.0 Å². The van der Waals surface area contributed by atoms with Crippen molar-refractivity contribution in [2.75, 3.05) is 78.2 Å². The van der Waals surface area contributed by atoms with Gasteiger partial charge in [0, 0.05) is 81.6 Å². The Labute approximate surface area is 505 Å². The maximum Gasteiger partial charge on any atom is 0.251 e. The molecule has 0 radical (unpaired) electrons. The van der Waals surface area contributed by atoms with Crippen molar-refractivity contribution in [3.05, 3.63) is 131 Å². The molecule has 20 heteroatoms. The summed E-state index contributed by atoms with van der Waals surface area (Å²) in [5.41, 5.74) is 7.19. The second kappa shape index (κ2) is 32.4. The van der Waals surface area contributed by atoms with Crippen LogP contribution >= 0.6 is 11.3 Å². The van der Waals surface area contributed by atoms with E-state index in [1.165, 1.54) is 0 Å². The highest BCUT2D eigenvalue weighted by Crippen LogP contribution is 2.36. The Bertz CT molecular complexity index is 3010. The van der Waals surface area contributed by atoms with Crippen LogP contribution in [-0.2, 0) is 47.2 Å². The number of thiazole rings is 1. The molecule has 5 heterocycles. The van der Waals surface area contributed by atoms with Gasteiger partial charge in [0.15, 0.2) is 11.6 Å². The molecule has 19 nitrogen and oxygen atoms in total. The van der Waals surface area contributed by atoms with E-state index < -0.39 is 23.0 Å². The number of amides is 4. The third kappa shape index (κ3) is 19.5. The Morgan fingerprint density at radius 1 is 0.753 bits per heavy atom. The lowest BCUT2D eigenvalue weighted by molar-refractivity contribution is -0.143. The van der Waals surface area contributed by atoms with Gasteiger partial charge in [-0.1, -0.05) is 76.1 Å². The minimum atomic E-state index is -0.747. The molecule has 3 aromatic heterocycles. The molecule has 5 N–H and O–H groups in total. The summed E-state index contributed by atoms with van der Waals surface area (Å²) in [5, 5.41) is 20.6. The van der Waals surface area contributed by atoms with E-state index in [2.05, 4.69) is 53.4 Å². The molecule has 85 heavy (non-hydrogen) atoms. The van der Waals surface area contributed by atoms with Crippen molar-refractivity contribution in [2.45, 2.75) is 135 Å². The lowest BCUT2D eigenvalue weighted by Crippen LogP contribution is -2.57. The van der Waals surface area contributed by atoms with E-state index >= 15 is 0 Å². The van der Waals surface area contributed by atoms with Gasteiger partial charge in [-0.25, -0.2) is 9.97 Å². The van der Waals surface area contributed by atoms with Crippen molar-refractivity contribution in [3.8, 4) is 27.6 Å². The predicted octanol–water partition coefficient (Wildman–Crippen LogP) is 9.65. The van der Waals surface area contributed by atoms with Gasteiger partial charge in [-0.2, -0.15) is 5.10 Å². The van der Waals surface area contributed by atoms with E-state index in [-0.39, 0.29) is 23.6 Å². The molecular formula is C65H87N11O8S. The largest absolute Gasteiger partial charge is 0.494 e. The number of piperidine rings is 1. The number of likely N-dealkylation sites (tertiary alicyclic amines) is 2. The second-order valence-corrected chi connectivity index (χ2v) is 24.2. The molecule has 2 aliphatic heterocycles. The average Bonchev–Trinajstić information content (AvgIpc) is 2.58. The number of aromatic nitrogens is 5. The van der Waals surface area contributed by atoms with Crippen LogP contribution in [0.25, 0.3) is 21.8 Å². The Morgan fingerprint density at radius 2 is 1.40 bits per heavy atom. The fraction of sp³-hybridized carbons (Fsp3) is 0.508. The molecule has 2 saturated heterocycles. The number of H-pyrrole nitrogens is 1. The number of rotatable bonds is 33. The van der Waals surface area contributed by atoms with Gasteiger partial charge in [0.05, 0.1) is 54.7 Å². The SMILES string of the molecule is Cc1ncsc1-c1ccc(CNC(=O)[C@@H]2CCCN2C(=O)C(NC(=O)CCCCCOCCOCCOCCCCCCOc2ccc(CNC(=O)c3cccc(NC4(c5nc(-c6ccncc6)n[nH]5)CCN(C)CC4)c3)cc2)C(C)(C)C)cc1. The van der Waals surface area contributed by atoms with E-state index in [0.29, 0.717) is 96.5 Å². The Morgan fingerprint density at radius 3 is 2.07 bits per heavy atom. The number of nitrogens with one attached hydrogen (secondary N) is 5. The highest BCUT2D eigenvalue weighted by Gasteiger charge is 2.42. The average molecular weight is 1180 g/mol. The Balaban J connectivity index is 0.604. The van der Waals surface area contributed by atoms with Crippen LogP contribution in [0.2, 0.25) is 0 Å². The summed E-state index contributed by atoms with van der Waals surface area (Å²) in [6, 6.07) is 26.0. The summed E-state index contributed by atoms with van der Waals surface area (Å²) in [4.78, 5) is 72.3. The van der Waals surface area contributed by atoms with Crippen LogP contribution in [0.15, 0.2) is 103 Å². The summed E-state index contributed by atoms with van der Waals surface area (Å²) in [7, 11) is 2.12. The first kappa shape index (κ1) is 63.9. The normalized spacial score (nSPS) is 15.5. The van der Waals surface area contributed by atoms with Gasteiger partial charge in [0.1, 0.15) is 17.8 Å². The summed E-state index contributed by atoms with van der Waals surface area (Å²) >= 11 is 1.60. The molecule has 6 aromatic rings. The van der Waals surface area contributed by atoms with Crippen LogP contribution in [0.1, 0.15) is 131 Å². The fourth-order valence-corrected chi connectivity index (χ4v) is 11.4. The van der Waals surface area contributed by atoms with E-state index in [1.807, 2.05) is 118 Å². The molecule has 0 saturated carbocycles. The predicted molar refractivity (Wildman–Crippen MR) is 331 cm³/mol. The lowest BCUT2D eigenvalue weighted by Gasteiger charge is -2.40. The Kier molecular flexibility index (Phi) is 24.4. The highest BCUT2D eigenvalue weighted by atomic mass is 32.1. The molecule has 2 aliphatic rings. The van der Waals surface area contributed by atoms with E-state index in [9.17, 15) is 19.2 Å². The quantitative estimate of drug-likeness (QED) is 0.0242. The number of ether oxygens (including phenoxy) is 4. The van der Waals surface area contributed by atoms with Crippen LogP contribution in [-0.4, -0.2) is 144 Å². The number of nitrogens with zero attached hydrogens (tertiary/aromatic N) is 6. The molecule has 0 aliphatic carbocycles. The topological polar surface area (TPSA) is 227 Å². The molecule has 4 amide bonds.